The van der Waals surface area contributed by atoms with Gasteiger partial charge in [0.05, 0.1) is 11.1 Å². The summed E-state index contributed by atoms with van der Waals surface area (Å²) >= 11 is 5.66. The highest BCUT2D eigenvalue weighted by atomic mass is 35.5. The molecule has 2 aromatic rings. The molecular weight excluding hydrogens is 239 g/mol. The van der Waals surface area contributed by atoms with Crippen molar-refractivity contribution in [1.29, 1.82) is 0 Å². The van der Waals surface area contributed by atoms with Crippen LogP contribution in [-0.4, -0.2) is 4.98 Å². The fourth-order valence-corrected chi connectivity index (χ4v) is 1.81. The van der Waals surface area contributed by atoms with E-state index in [0.29, 0.717) is 10.9 Å². The molecule has 0 saturated carbocycles. The third-order valence-electron chi connectivity index (χ3n) is 2.31. The van der Waals surface area contributed by atoms with E-state index < -0.39 is 11.7 Å². The van der Waals surface area contributed by atoms with Crippen molar-refractivity contribution in [1.82, 2.24) is 4.98 Å². The van der Waals surface area contributed by atoms with Crippen LogP contribution in [0.5, 0.6) is 0 Å². The van der Waals surface area contributed by atoms with E-state index in [1.807, 2.05) is 0 Å². The number of rotatable bonds is 1. The minimum atomic E-state index is -4.39. The Morgan fingerprint density at radius 2 is 1.94 bits per heavy atom. The van der Waals surface area contributed by atoms with Crippen LogP contribution in [-0.2, 0) is 12.1 Å². The van der Waals surface area contributed by atoms with Crippen LogP contribution in [0, 0.1) is 0 Å². The molecule has 1 nitrogen and oxygen atoms in total. The fraction of sp³-hybridized carbons (Fsp3) is 0.182. The Morgan fingerprint density at radius 3 is 2.56 bits per heavy atom. The Morgan fingerprint density at radius 1 is 1.19 bits per heavy atom. The normalized spacial score (nSPS) is 12.0. The molecule has 0 aliphatic rings. The van der Waals surface area contributed by atoms with E-state index in [-0.39, 0.29) is 11.4 Å². The van der Waals surface area contributed by atoms with Crippen LogP contribution in [0.1, 0.15) is 11.1 Å². The van der Waals surface area contributed by atoms with Crippen molar-refractivity contribution in [3.05, 3.63) is 41.6 Å². The van der Waals surface area contributed by atoms with E-state index in [2.05, 4.69) is 4.98 Å². The first-order chi connectivity index (χ1) is 7.54. The molecule has 0 N–H and O–H groups in total. The van der Waals surface area contributed by atoms with Crippen molar-refractivity contribution >= 4 is 22.5 Å². The van der Waals surface area contributed by atoms with E-state index >= 15 is 0 Å². The summed E-state index contributed by atoms with van der Waals surface area (Å²) < 4.78 is 38.0. The average Bonchev–Trinajstić information content (AvgIpc) is 2.26. The van der Waals surface area contributed by atoms with Crippen molar-refractivity contribution in [3.8, 4) is 0 Å². The van der Waals surface area contributed by atoms with Gasteiger partial charge in [-0.2, -0.15) is 13.2 Å². The highest BCUT2D eigenvalue weighted by Crippen LogP contribution is 2.34. The largest absolute Gasteiger partial charge is 0.418 e. The summed E-state index contributed by atoms with van der Waals surface area (Å²) in [5, 5.41) is 0.451. The highest BCUT2D eigenvalue weighted by Gasteiger charge is 2.33. The first-order valence-corrected chi connectivity index (χ1v) is 5.07. The van der Waals surface area contributed by atoms with Gasteiger partial charge in [-0.15, -0.1) is 11.6 Å². The Bertz CT molecular complexity index is 522. The van der Waals surface area contributed by atoms with Gasteiger partial charge in [0.2, 0.25) is 0 Å². The lowest BCUT2D eigenvalue weighted by Crippen LogP contribution is -2.06. The van der Waals surface area contributed by atoms with Crippen LogP contribution < -0.4 is 0 Å². The van der Waals surface area contributed by atoms with Gasteiger partial charge in [0.1, 0.15) is 0 Å². The number of pyridine rings is 1. The summed E-state index contributed by atoms with van der Waals surface area (Å²) in [6.45, 7) is 0. The van der Waals surface area contributed by atoms with Crippen LogP contribution >= 0.6 is 11.6 Å². The first kappa shape index (κ1) is 11.2. The summed E-state index contributed by atoms with van der Waals surface area (Å²) in [6, 6.07) is 5.60. The van der Waals surface area contributed by atoms with Crippen LogP contribution in [0.3, 0.4) is 0 Å². The zero-order chi connectivity index (χ0) is 11.8. The van der Waals surface area contributed by atoms with Crippen molar-refractivity contribution in [2.24, 2.45) is 0 Å². The molecule has 0 unspecified atom stereocenters. The molecule has 84 valence electrons. The SMILES string of the molecule is FC(F)(F)c1cccc2c(CCl)ccnc12. The lowest BCUT2D eigenvalue weighted by molar-refractivity contribution is -0.136. The summed E-state index contributed by atoms with van der Waals surface area (Å²) in [6.07, 6.45) is -3.05. The van der Waals surface area contributed by atoms with E-state index in [1.165, 1.54) is 12.3 Å². The van der Waals surface area contributed by atoms with Crippen molar-refractivity contribution in [2.45, 2.75) is 12.1 Å². The van der Waals surface area contributed by atoms with E-state index in [9.17, 15) is 13.2 Å². The highest BCUT2D eigenvalue weighted by molar-refractivity contribution is 6.18. The molecule has 0 aliphatic heterocycles. The zero-order valence-electron chi connectivity index (χ0n) is 8.05. The van der Waals surface area contributed by atoms with Crippen LogP contribution in [0.25, 0.3) is 10.9 Å². The molecule has 0 spiro atoms. The molecule has 0 fully saturated rings. The third kappa shape index (κ3) is 1.85. The van der Waals surface area contributed by atoms with Gasteiger partial charge in [-0.3, -0.25) is 4.98 Å². The number of hydrogen-bond acceptors (Lipinski definition) is 1. The maximum absolute atomic E-state index is 12.7. The quantitative estimate of drug-likeness (QED) is 0.692. The molecule has 0 bridgehead atoms. The number of hydrogen-bond donors (Lipinski definition) is 0. The zero-order valence-corrected chi connectivity index (χ0v) is 8.81. The Balaban J connectivity index is 2.79. The van der Waals surface area contributed by atoms with Crippen molar-refractivity contribution in [3.63, 3.8) is 0 Å². The summed E-state index contributed by atoms with van der Waals surface area (Å²) in [4.78, 5) is 3.78. The van der Waals surface area contributed by atoms with Gasteiger partial charge in [0.25, 0.3) is 0 Å². The molecule has 1 heterocycles. The van der Waals surface area contributed by atoms with E-state index in [4.69, 9.17) is 11.6 Å². The molecule has 0 radical (unpaired) electrons. The predicted molar refractivity (Wildman–Crippen MR) is 56.3 cm³/mol. The van der Waals surface area contributed by atoms with Gasteiger partial charge in [0.15, 0.2) is 0 Å². The van der Waals surface area contributed by atoms with Gasteiger partial charge in [-0.1, -0.05) is 12.1 Å². The molecular formula is C11H7ClF3N. The molecule has 0 saturated heterocycles. The number of nitrogens with zero attached hydrogens (tertiary/aromatic N) is 1. The topological polar surface area (TPSA) is 12.9 Å². The second kappa shape index (κ2) is 3.94. The van der Waals surface area contributed by atoms with Crippen LogP contribution in [0.4, 0.5) is 13.2 Å². The summed E-state index contributed by atoms with van der Waals surface area (Å²) in [5.41, 5.74) is -0.122. The average molecular weight is 246 g/mol. The standard InChI is InChI=1S/C11H7ClF3N/c12-6-7-4-5-16-10-8(7)2-1-3-9(10)11(13,14)15/h1-5H,6H2. The number of fused-ring (bicyclic) bond motifs is 1. The van der Waals surface area contributed by atoms with E-state index in [1.54, 1.807) is 12.1 Å². The van der Waals surface area contributed by atoms with Crippen LogP contribution in [0.15, 0.2) is 30.5 Å². The lowest BCUT2D eigenvalue weighted by atomic mass is 10.1. The molecule has 2 rings (SSSR count). The van der Waals surface area contributed by atoms with Gasteiger partial charge in [0, 0.05) is 17.5 Å². The van der Waals surface area contributed by atoms with E-state index in [0.717, 1.165) is 6.07 Å². The van der Waals surface area contributed by atoms with Gasteiger partial charge in [-0.05, 0) is 17.7 Å². The summed E-state index contributed by atoms with van der Waals surface area (Å²) in [7, 11) is 0. The Labute approximate surface area is 94.9 Å². The van der Waals surface area contributed by atoms with Gasteiger partial charge in [-0.25, -0.2) is 0 Å². The maximum atomic E-state index is 12.7. The minimum absolute atomic E-state index is 0.0480. The minimum Gasteiger partial charge on any atom is -0.256 e. The maximum Gasteiger partial charge on any atom is 0.418 e. The first-order valence-electron chi connectivity index (χ1n) is 4.54. The monoisotopic (exact) mass is 245 g/mol. The number of aromatic nitrogens is 1. The second-order valence-corrected chi connectivity index (χ2v) is 3.57. The molecule has 0 amide bonds. The molecule has 0 atom stereocenters. The van der Waals surface area contributed by atoms with Gasteiger partial charge < -0.3 is 0 Å². The number of alkyl halides is 4. The number of benzene rings is 1. The molecule has 1 aromatic carbocycles. The molecule has 1 aromatic heterocycles. The molecule has 5 heteroatoms. The number of halogens is 4. The predicted octanol–water partition coefficient (Wildman–Crippen LogP) is 3.99. The fourth-order valence-electron chi connectivity index (χ4n) is 1.58. The number of para-hydroxylation sites is 1. The van der Waals surface area contributed by atoms with Gasteiger partial charge >= 0.3 is 6.18 Å². The van der Waals surface area contributed by atoms with Crippen LogP contribution in [0.2, 0.25) is 0 Å². The van der Waals surface area contributed by atoms with Crippen molar-refractivity contribution in [2.75, 3.05) is 0 Å². The Kier molecular flexibility index (Phi) is 2.76. The third-order valence-corrected chi connectivity index (χ3v) is 2.60. The Hall–Kier alpha value is -1.29. The lowest BCUT2D eigenvalue weighted by Gasteiger charge is -2.10. The summed E-state index contributed by atoms with van der Waals surface area (Å²) in [5.74, 6) is 0.167. The molecule has 16 heavy (non-hydrogen) atoms. The second-order valence-electron chi connectivity index (χ2n) is 3.30. The van der Waals surface area contributed by atoms with Crippen molar-refractivity contribution < 1.29 is 13.2 Å². The molecule has 0 aliphatic carbocycles. The smallest absolute Gasteiger partial charge is 0.256 e.